The molecule has 1 fully saturated rings. The second-order valence-electron chi connectivity index (χ2n) is 5.35. The van der Waals surface area contributed by atoms with Crippen LogP contribution in [0.1, 0.15) is 25.7 Å². The fraction of sp³-hybridized carbons (Fsp3) is 0.533. The van der Waals surface area contributed by atoms with E-state index in [1.54, 1.807) is 0 Å². The van der Waals surface area contributed by atoms with Gasteiger partial charge in [0, 0.05) is 18.0 Å². The van der Waals surface area contributed by atoms with E-state index < -0.39 is 6.61 Å². The van der Waals surface area contributed by atoms with E-state index in [1.165, 1.54) is 25.3 Å². The predicted octanol–water partition coefficient (Wildman–Crippen LogP) is 3.17. The van der Waals surface area contributed by atoms with E-state index in [4.69, 9.17) is 10.5 Å². The zero-order chi connectivity index (χ0) is 16.1. The lowest BCUT2D eigenvalue weighted by molar-refractivity contribution is -0.121. The van der Waals surface area contributed by atoms with Gasteiger partial charge in [0.15, 0.2) is 0 Å². The van der Waals surface area contributed by atoms with E-state index in [-0.39, 0.29) is 41.7 Å². The van der Waals surface area contributed by atoms with Gasteiger partial charge < -0.3 is 20.5 Å². The molecule has 1 aromatic carbocycles. The molecule has 1 aliphatic rings. The van der Waals surface area contributed by atoms with Crippen molar-refractivity contribution in [2.45, 2.75) is 38.3 Å². The zero-order valence-electron chi connectivity index (χ0n) is 12.8. The van der Waals surface area contributed by atoms with Gasteiger partial charge in [-0.2, -0.15) is 8.78 Å². The summed E-state index contributed by atoms with van der Waals surface area (Å²) in [6.45, 7) is -2.97. The van der Waals surface area contributed by atoms with Crippen LogP contribution in [0, 0.1) is 5.92 Å². The molecule has 1 amide bonds. The van der Waals surface area contributed by atoms with E-state index in [0.717, 1.165) is 19.3 Å². The molecule has 130 valence electrons. The number of amides is 1. The molecule has 2 unspecified atom stereocenters. The number of hydrogen-bond donors (Lipinski definition) is 2. The lowest BCUT2D eigenvalue weighted by Crippen LogP contribution is -2.34. The number of nitrogens with one attached hydrogen (secondary N) is 1. The Morgan fingerprint density at radius 3 is 2.74 bits per heavy atom. The summed E-state index contributed by atoms with van der Waals surface area (Å²) in [6, 6.07) is 4.29. The smallest absolute Gasteiger partial charge is 0.387 e. The molecule has 1 aromatic rings. The summed E-state index contributed by atoms with van der Waals surface area (Å²) in [5.74, 6) is -0.0987. The first-order chi connectivity index (χ1) is 10.5. The predicted molar refractivity (Wildman–Crippen MR) is 85.4 cm³/mol. The number of rotatable bonds is 5. The van der Waals surface area contributed by atoms with Crippen LogP contribution in [0.25, 0.3) is 0 Å². The molecule has 3 N–H and O–H groups in total. The zero-order valence-corrected chi connectivity index (χ0v) is 13.6. The third-order valence-electron chi connectivity index (χ3n) is 3.75. The van der Waals surface area contributed by atoms with Crippen LogP contribution in [-0.4, -0.2) is 25.7 Å². The Bertz CT molecular complexity index is 531. The Morgan fingerprint density at radius 1 is 1.39 bits per heavy atom. The van der Waals surface area contributed by atoms with Gasteiger partial charge in [0.2, 0.25) is 5.91 Å². The first-order valence-corrected chi connectivity index (χ1v) is 7.19. The number of nitrogens with two attached hydrogens (primary N) is 1. The highest BCUT2D eigenvalue weighted by molar-refractivity contribution is 5.94. The van der Waals surface area contributed by atoms with Crippen LogP contribution in [0.5, 0.6) is 11.5 Å². The van der Waals surface area contributed by atoms with Crippen LogP contribution in [-0.2, 0) is 4.79 Å². The van der Waals surface area contributed by atoms with Gasteiger partial charge in [-0.3, -0.25) is 4.79 Å². The molecule has 23 heavy (non-hydrogen) atoms. The molecular formula is C15H21ClF2N2O3. The molecule has 0 radical (unpaired) electrons. The van der Waals surface area contributed by atoms with Crippen LogP contribution >= 0.6 is 12.4 Å². The fourth-order valence-corrected chi connectivity index (χ4v) is 2.63. The van der Waals surface area contributed by atoms with Gasteiger partial charge in [-0.05, 0) is 31.4 Å². The van der Waals surface area contributed by atoms with Crippen LogP contribution in [0.15, 0.2) is 18.2 Å². The minimum atomic E-state index is -2.97. The highest BCUT2D eigenvalue weighted by atomic mass is 35.5. The summed E-state index contributed by atoms with van der Waals surface area (Å²) in [6.07, 6.45) is 3.13. The second-order valence-corrected chi connectivity index (χ2v) is 5.35. The van der Waals surface area contributed by atoms with Crippen molar-refractivity contribution < 1.29 is 23.0 Å². The van der Waals surface area contributed by atoms with Crippen molar-refractivity contribution in [3.63, 3.8) is 0 Å². The van der Waals surface area contributed by atoms with Gasteiger partial charge in [0.25, 0.3) is 0 Å². The number of methoxy groups -OCH3 is 1. The van der Waals surface area contributed by atoms with Crippen LogP contribution in [0.2, 0.25) is 0 Å². The van der Waals surface area contributed by atoms with E-state index in [1.807, 2.05) is 0 Å². The molecule has 1 saturated carbocycles. The lowest BCUT2D eigenvalue weighted by atomic mass is 9.85. The summed E-state index contributed by atoms with van der Waals surface area (Å²) in [5, 5.41) is 2.65. The highest BCUT2D eigenvalue weighted by Gasteiger charge is 2.26. The van der Waals surface area contributed by atoms with E-state index in [2.05, 4.69) is 10.1 Å². The molecule has 2 atom stereocenters. The Hall–Kier alpha value is -1.60. The molecular weight excluding hydrogens is 330 g/mol. The Kier molecular flexibility index (Phi) is 7.51. The molecule has 0 saturated heterocycles. The van der Waals surface area contributed by atoms with Gasteiger partial charge in [-0.15, -0.1) is 12.4 Å². The van der Waals surface area contributed by atoms with E-state index in [9.17, 15) is 13.6 Å². The van der Waals surface area contributed by atoms with Gasteiger partial charge in [-0.25, -0.2) is 0 Å². The number of hydrogen-bond acceptors (Lipinski definition) is 4. The monoisotopic (exact) mass is 350 g/mol. The summed E-state index contributed by atoms with van der Waals surface area (Å²) in [4.78, 5) is 12.3. The van der Waals surface area contributed by atoms with Crippen molar-refractivity contribution in [3.8, 4) is 11.5 Å². The van der Waals surface area contributed by atoms with E-state index >= 15 is 0 Å². The standard InChI is InChI=1S/C15H20F2N2O3.ClH/c1-21-11-5-6-13(22-15(16)17)12(8-11)19-14(20)9-3-2-4-10(18)7-9;/h5-6,8-10,15H,2-4,7,18H2,1H3,(H,19,20);1H. The average molecular weight is 351 g/mol. The topological polar surface area (TPSA) is 73.6 Å². The molecule has 0 spiro atoms. The van der Waals surface area contributed by atoms with Crippen LogP contribution < -0.4 is 20.5 Å². The molecule has 5 nitrogen and oxygen atoms in total. The Labute approximate surface area is 139 Å². The van der Waals surface area contributed by atoms with Crippen molar-refractivity contribution in [3.05, 3.63) is 18.2 Å². The molecule has 0 heterocycles. The molecule has 0 bridgehead atoms. The van der Waals surface area contributed by atoms with Gasteiger partial charge in [0.05, 0.1) is 12.8 Å². The third-order valence-corrected chi connectivity index (χ3v) is 3.75. The van der Waals surface area contributed by atoms with Crippen molar-refractivity contribution in [1.29, 1.82) is 0 Å². The normalized spacial score (nSPS) is 20.6. The number of carbonyl (C=O) groups excluding carboxylic acids is 1. The number of halogens is 3. The van der Waals surface area contributed by atoms with Crippen molar-refractivity contribution in [1.82, 2.24) is 0 Å². The molecule has 0 aliphatic heterocycles. The van der Waals surface area contributed by atoms with E-state index in [0.29, 0.717) is 12.2 Å². The number of carbonyl (C=O) groups is 1. The molecule has 0 aromatic heterocycles. The number of benzene rings is 1. The molecule has 1 aliphatic carbocycles. The number of alkyl halides is 2. The maximum absolute atomic E-state index is 12.4. The van der Waals surface area contributed by atoms with Gasteiger partial charge >= 0.3 is 6.61 Å². The summed E-state index contributed by atoms with van der Waals surface area (Å²) < 4.78 is 34.4. The van der Waals surface area contributed by atoms with Gasteiger partial charge in [-0.1, -0.05) is 6.42 Å². The summed E-state index contributed by atoms with van der Waals surface area (Å²) in [7, 11) is 1.45. The lowest BCUT2D eigenvalue weighted by Gasteiger charge is -2.26. The van der Waals surface area contributed by atoms with Crippen molar-refractivity contribution in [2.24, 2.45) is 11.7 Å². The first-order valence-electron chi connectivity index (χ1n) is 7.19. The summed E-state index contributed by atoms with van der Waals surface area (Å²) >= 11 is 0. The Balaban J connectivity index is 0.00000264. The highest BCUT2D eigenvalue weighted by Crippen LogP contribution is 2.32. The van der Waals surface area contributed by atoms with Crippen molar-refractivity contribution >= 4 is 24.0 Å². The molecule has 8 heteroatoms. The fourth-order valence-electron chi connectivity index (χ4n) is 2.63. The summed E-state index contributed by atoms with van der Waals surface area (Å²) in [5.41, 5.74) is 6.04. The second kappa shape index (κ2) is 8.88. The average Bonchev–Trinajstić information content (AvgIpc) is 2.48. The third kappa shape index (κ3) is 5.51. The largest absolute Gasteiger partial charge is 0.497 e. The first kappa shape index (κ1) is 19.4. The SMILES string of the molecule is COc1ccc(OC(F)F)c(NC(=O)C2CCCC(N)C2)c1.Cl. The minimum absolute atomic E-state index is 0. The maximum atomic E-state index is 12.4. The minimum Gasteiger partial charge on any atom is -0.497 e. The quantitative estimate of drug-likeness (QED) is 0.855. The van der Waals surface area contributed by atoms with Crippen molar-refractivity contribution in [2.75, 3.05) is 12.4 Å². The van der Waals surface area contributed by atoms with Gasteiger partial charge in [0.1, 0.15) is 11.5 Å². The Morgan fingerprint density at radius 2 is 2.13 bits per heavy atom. The maximum Gasteiger partial charge on any atom is 0.387 e. The molecule has 2 rings (SSSR count). The number of anilines is 1. The van der Waals surface area contributed by atoms with Crippen LogP contribution in [0.3, 0.4) is 0 Å². The van der Waals surface area contributed by atoms with Crippen LogP contribution in [0.4, 0.5) is 14.5 Å². The number of ether oxygens (including phenoxy) is 2.